The van der Waals surface area contributed by atoms with E-state index in [0.29, 0.717) is 5.69 Å². The lowest BCUT2D eigenvalue weighted by Gasteiger charge is -2.16. The molecule has 0 bridgehead atoms. The molecule has 0 radical (unpaired) electrons. The van der Waals surface area contributed by atoms with E-state index >= 15 is 0 Å². The van der Waals surface area contributed by atoms with E-state index in [1.54, 1.807) is 6.07 Å². The van der Waals surface area contributed by atoms with Crippen LogP contribution in [0.25, 0.3) is 0 Å². The Balaban J connectivity index is 2.51. The van der Waals surface area contributed by atoms with Gasteiger partial charge in [-0.25, -0.2) is 9.18 Å². The van der Waals surface area contributed by atoms with Crippen LogP contribution in [0.5, 0.6) is 0 Å². The fraction of sp³-hybridized carbons (Fsp3) is 0.273. The average molecular weight is 240 g/mol. The number of hydrogen-bond acceptors (Lipinski definition) is 2. The Bertz CT molecular complexity index is 423. The van der Waals surface area contributed by atoms with Gasteiger partial charge in [0.2, 0.25) is 0 Å². The van der Waals surface area contributed by atoms with Crippen molar-refractivity contribution in [3.8, 4) is 0 Å². The molecular weight excluding hydrogens is 227 g/mol. The van der Waals surface area contributed by atoms with Gasteiger partial charge in [-0.2, -0.15) is 0 Å². The van der Waals surface area contributed by atoms with Gasteiger partial charge in [-0.1, -0.05) is 6.07 Å². The summed E-state index contributed by atoms with van der Waals surface area (Å²) in [5.74, 6) is -1.42. The molecule has 2 N–H and O–H groups in total. The first-order valence-electron chi connectivity index (χ1n) is 4.98. The SMILES string of the molecule is CN(CCC(=O)O)C(=O)Nc1cccc(F)c1. The van der Waals surface area contributed by atoms with Gasteiger partial charge in [0.15, 0.2) is 0 Å². The summed E-state index contributed by atoms with van der Waals surface area (Å²) in [5.41, 5.74) is 0.331. The second-order valence-corrected chi connectivity index (χ2v) is 3.51. The molecule has 0 fully saturated rings. The summed E-state index contributed by atoms with van der Waals surface area (Å²) in [4.78, 5) is 23.1. The minimum absolute atomic E-state index is 0.0937. The van der Waals surface area contributed by atoms with Gasteiger partial charge in [0.05, 0.1) is 6.42 Å². The van der Waals surface area contributed by atoms with Crippen LogP contribution in [-0.4, -0.2) is 35.6 Å². The molecule has 0 aliphatic heterocycles. The molecule has 0 aliphatic rings. The van der Waals surface area contributed by atoms with Gasteiger partial charge < -0.3 is 15.3 Å². The lowest BCUT2D eigenvalue weighted by molar-refractivity contribution is -0.137. The highest BCUT2D eigenvalue weighted by atomic mass is 19.1. The topological polar surface area (TPSA) is 69.6 Å². The Morgan fingerprint density at radius 1 is 1.47 bits per heavy atom. The van der Waals surface area contributed by atoms with Crippen molar-refractivity contribution < 1.29 is 19.1 Å². The number of carboxylic acid groups (broad SMARTS) is 1. The van der Waals surface area contributed by atoms with Crippen molar-refractivity contribution in [2.45, 2.75) is 6.42 Å². The zero-order valence-electron chi connectivity index (χ0n) is 9.31. The number of halogens is 1. The van der Waals surface area contributed by atoms with Crippen LogP contribution < -0.4 is 5.32 Å². The third-order valence-electron chi connectivity index (χ3n) is 2.08. The van der Waals surface area contributed by atoms with Crippen LogP contribution in [0.1, 0.15) is 6.42 Å². The van der Waals surface area contributed by atoms with Gasteiger partial charge in [-0.15, -0.1) is 0 Å². The maximum absolute atomic E-state index is 12.8. The Labute approximate surface area is 97.8 Å². The highest BCUT2D eigenvalue weighted by Gasteiger charge is 2.10. The van der Waals surface area contributed by atoms with E-state index in [4.69, 9.17) is 5.11 Å². The number of amides is 2. The Hall–Kier alpha value is -2.11. The first-order valence-corrected chi connectivity index (χ1v) is 4.98. The number of carbonyl (C=O) groups excluding carboxylic acids is 1. The fourth-order valence-corrected chi connectivity index (χ4v) is 1.15. The molecule has 92 valence electrons. The van der Waals surface area contributed by atoms with E-state index in [1.807, 2.05) is 0 Å². The first-order chi connectivity index (χ1) is 7.99. The first kappa shape index (κ1) is 13.0. The van der Waals surface area contributed by atoms with Crippen molar-refractivity contribution in [3.63, 3.8) is 0 Å². The number of carboxylic acids is 1. The second-order valence-electron chi connectivity index (χ2n) is 3.51. The molecule has 6 heteroatoms. The summed E-state index contributed by atoms with van der Waals surface area (Å²) in [6.07, 6.45) is -0.132. The van der Waals surface area contributed by atoms with Crippen LogP contribution in [0.2, 0.25) is 0 Å². The molecular formula is C11H13FN2O3. The number of carbonyl (C=O) groups is 2. The third-order valence-corrected chi connectivity index (χ3v) is 2.08. The summed E-state index contributed by atoms with van der Waals surface area (Å²) in [7, 11) is 1.47. The van der Waals surface area contributed by atoms with Crippen molar-refractivity contribution >= 4 is 17.7 Å². The lowest BCUT2D eigenvalue weighted by atomic mass is 10.3. The maximum atomic E-state index is 12.8. The molecule has 0 saturated heterocycles. The molecule has 0 aromatic heterocycles. The van der Waals surface area contributed by atoms with Gasteiger partial charge in [0, 0.05) is 19.3 Å². The number of anilines is 1. The van der Waals surface area contributed by atoms with Gasteiger partial charge in [-0.3, -0.25) is 4.79 Å². The summed E-state index contributed by atoms with van der Waals surface area (Å²) in [5, 5.41) is 10.9. The van der Waals surface area contributed by atoms with Gasteiger partial charge in [0.1, 0.15) is 5.82 Å². The predicted molar refractivity (Wildman–Crippen MR) is 60.3 cm³/mol. The molecule has 2 amide bonds. The molecule has 0 unspecified atom stereocenters. The minimum atomic E-state index is -0.976. The number of nitrogens with zero attached hydrogens (tertiary/aromatic N) is 1. The summed E-state index contributed by atoms with van der Waals surface area (Å²) in [6.45, 7) is 0.0937. The molecule has 1 rings (SSSR count). The van der Waals surface area contributed by atoms with E-state index in [2.05, 4.69) is 5.32 Å². The van der Waals surface area contributed by atoms with Gasteiger partial charge in [-0.05, 0) is 18.2 Å². The highest BCUT2D eigenvalue weighted by Crippen LogP contribution is 2.09. The molecule has 0 spiro atoms. The average Bonchev–Trinajstić information content (AvgIpc) is 2.25. The van der Waals surface area contributed by atoms with Gasteiger partial charge >= 0.3 is 12.0 Å². The number of benzene rings is 1. The van der Waals surface area contributed by atoms with E-state index in [9.17, 15) is 14.0 Å². The zero-order chi connectivity index (χ0) is 12.8. The van der Waals surface area contributed by atoms with Crippen molar-refractivity contribution in [2.75, 3.05) is 18.9 Å². The molecule has 0 atom stereocenters. The van der Waals surface area contributed by atoms with Crippen LogP contribution in [0.3, 0.4) is 0 Å². The molecule has 1 aromatic carbocycles. The van der Waals surface area contributed by atoms with Crippen LogP contribution >= 0.6 is 0 Å². The molecule has 5 nitrogen and oxygen atoms in total. The Morgan fingerprint density at radius 2 is 2.18 bits per heavy atom. The van der Waals surface area contributed by atoms with Crippen LogP contribution in [0.15, 0.2) is 24.3 Å². The number of rotatable bonds is 4. The number of hydrogen-bond donors (Lipinski definition) is 2. The van der Waals surface area contributed by atoms with Crippen molar-refractivity contribution in [3.05, 3.63) is 30.1 Å². The molecule has 17 heavy (non-hydrogen) atoms. The monoisotopic (exact) mass is 240 g/mol. The largest absolute Gasteiger partial charge is 0.481 e. The molecule has 0 heterocycles. The fourth-order valence-electron chi connectivity index (χ4n) is 1.15. The van der Waals surface area contributed by atoms with Crippen LogP contribution in [-0.2, 0) is 4.79 Å². The molecule has 1 aromatic rings. The second kappa shape index (κ2) is 5.83. The highest BCUT2D eigenvalue weighted by molar-refractivity contribution is 5.89. The van der Waals surface area contributed by atoms with Gasteiger partial charge in [0.25, 0.3) is 0 Å². The Kier molecular flexibility index (Phi) is 4.45. The number of urea groups is 1. The lowest BCUT2D eigenvalue weighted by Crippen LogP contribution is -2.33. The number of nitrogens with one attached hydrogen (secondary N) is 1. The predicted octanol–water partition coefficient (Wildman–Crippen LogP) is 1.76. The van der Waals surface area contributed by atoms with E-state index < -0.39 is 17.8 Å². The quantitative estimate of drug-likeness (QED) is 0.842. The zero-order valence-corrected chi connectivity index (χ0v) is 9.31. The Morgan fingerprint density at radius 3 is 2.76 bits per heavy atom. The maximum Gasteiger partial charge on any atom is 0.321 e. The molecule has 0 aliphatic carbocycles. The smallest absolute Gasteiger partial charge is 0.321 e. The normalized spacial score (nSPS) is 9.76. The third kappa shape index (κ3) is 4.50. The van der Waals surface area contributed by atoms with E-state index in [1.165, 1.54) is 30.1 Å². The summed E-state index contributed by atoms with van der Waals surface area (Å²) in [6, 6.07) is 5.00. The van der Waals surface area contributed by atoms with E-state index in [-0.39, 0.29) is 13.0 Å². The standard InChI is InChI=1S/C11H13FN2O3/c1-14(6-5-10(15)16)11(17)13-9-4-2-3-8(12)7-9/h2-4,7H,5-6H2,1H3,(H,13,17)(H,15,16). The molecule has 0 saturated carbocycles. The summed E-state index contributed by atoms with van der Waals surface area (Å²) < 4.78 is 12.8. The minimum Gasteiger partial charge on any atom is -0.481 e. The van der Waals surface area contributed by atoms with E-state index in [0.717, 1.165) is 0 Å². The number of aliphatic carboxylic acids is 1. The van der Waals surface area contributed by atoms with Crippen molar-refractivity contribution in [2.24, 2.45) is 0 Å². The summed E-state index contributed by atoms with van der Waals surface area (Å²) >= 11 is 0. The van der Waals surface area contributed by atoms with Crippen LogP contribution in [0, 0.1) is 5.82 Å². The van der Waals surface area contributed by atoms with Crippen molar-refractivity contribution in [1.29, 1.82) is 0 Å². The van der Waals surface area contributed by atoms with Crippen molar-refractivity contribution in [1.82, 2.24) is 4.90 Å². The van der Waals surface area contributed by atoms with Crippen LogP contribution in [0.4, 0.5) is 14.9 Å².